The molecule has 4 heteroatoms. The van der Waals surface area contributed by atoms with E-state index in [9.17, 15) is 0 Å². The second-order valence-corrected chi connectivity index (χ2v) is 25.4. The minimum absolute atomic E-state index is 0.0613. The Bertz CT molecular complexity index is 3380. The minimum Gasteiger partial charge on any atom is -0.376 e. The number of benzene rings is 7. The normalized spacial score (nSPS) is 18.3. The summed E-state index contributed by atoms with van der Waals surface area (Å²) in [7, 11) is 0. The summed E-state index contributed by atoms with van der Waals surface area (Å²) in [6.45, 7) is 29.2. The van der Waals surface area contributed by atoms with Crippen LogP contribution in [0.2, 0.25) is 0 Å². The average Bonchev–Trinajstić information content (AvgIpc) is 3.68. The van der Waals surface area contributed by atoms with Crippen molar-refractivity contribution < 1.29 is 0 Å². The molecular weight excluding hydrogens is 828 g/mol. The highest BCUT2D eigenvalue weighted by Crippen LogP contribution is 2.56. The van der Waals surface area contributed by atoms with E-state index in [2.05, 4.69) is 220 Å². The molecule has 0 amide bonds. The van der Waals surface area contributed by atoms with E-state index in [1.54, 1.807) is 0 Å². The summed E-state index contributed by atoms with van der Waals surface area (Å²) in [5.74, 6) is 0. The molecule has 1 aromatic heterocycles. The first-order valence-corrected chi connectivity index (χ1v) is 25.8. The van der Waals surface area contributed by atoms with E-state index in [1.807, 2.05) is 11.3 Å². The van der Waals surface area contributed by atoms with Crippen molar-refractivity contribution in [3.05, 3.63) is 161 Å². The molecule has 0 spiro atoms. The number of nitrogens with zero attached hydrogens (tertiary/aromatic N) is 2. The van der Waals surface area contributed by atoms with Gasteiger partial charge in [0.05, 0.1) is 0 Å². The number of hydrogen-bond donors (Lipinski definition) is 0. The van der Waals surface area contributed by atoms with E-state index >= 15 is 0 Å². The van der Waals surface area contributed by atoms with Crippen LogP contribution in [0.3, 0.4) is 0 Å². The summed E-state index contributed by atoms with van der Waals surface area (Å²) in [4.78, 5) is 5.48. The van der Waals surface area contributed by atoms with Crippen molar-refractivity contribution in [2.75, 3.05) is 9.71 Å². The fourth-order valence-electron chi connectivity index (χ4n) is 12.7. The van der Waals surface area contributed by atoms with Gasteiger partial charge >= 0.3 is 6.85 Å². The fourth-order valence-corrected chi connectivity index (χ4v) is 13.8. The van der Waals surface area contributed by atoms with Gasteiger partial charge in [0.2, 0.25) is 0 Å². The van der Waals surface area contributed by atoms with E-state index in [4.69, 9.17) is 0 Å². The quantitative estimate of drug-likeness (QED) is 0.163. The second kappa shape index (κ2) is 14.2. The highest BCUT2D eigenvalue weighted by Gasteiger charge is 2.48. The van der Waals surface area contributed by atoms with Crippen LogP contribution in [-0.2, 0) is 27.1 Å². The van der Waals surface area contributed by atoms with Crippen LogP contribution >= 0.6 is 11.3 Å². The molecule has 336 valence electrons. The van der Waals surface area contributed by atoms with Crippen LogP contribution in [0.4, 0.5) is 28.4 Å². The molecule has 2 aliphatic carbocycles. The molecule has 0 N–H and O–H groups in total. The number of rotatable bonds is 3. The van der Waals surface area contributed by atoms with Crippen LogP contribution in [0.1, 0.15) is 135 Å². The first kappa shape index (κ1) is 42.8. The molecule has 2 aliphatic heterocycles. The van der Waals surface area contributed by atoms with Gasteiger partial charge in [0.1, 0.15) is 0 Å². The molecule has 0 atom stereocenters. The SMILES string of the molecule is Cc1cc2c(cc1N1c3ccc(-c4ccccc4)cc3B3c4c(cc(C(C)(C)C)cc41)-c1c(ccc4sc5ccccc5c14)N3c1ccc3c(c1)C(C)(C)CCC3(C)C)C(C)(C)CCC2(C)C. The largest absolute Gasteiger partial charge is 0.376 e. The zero-order valence-electron chi connectivity index (χ0n) is 41.8. The molecule has 3 heterocycles. The second-order valence-electron chi connectivity index (χ2n) is 24.3. The number of fused-ring (bicyclic) bond motifs is 10. The molecular formula is C63H65BN2S. The summed E-state index contributed by atoms with van der Waals surface area (Å²) in [5, 5.41) is 2.72. The van der Waals surface area contributed by atoms with Gasteiger partial charge in [-0.15, -0.1) is 11.3 Å². The van der Waals surface area contributed by atoms with Crippen molar-refractivity contribution in [1.82, 2.24) is 0 Å². The Morgan fingerprint density at radius 1 is 0.522 bits per heavy atom. The van der Waals surface area contributed by atoms with Crippen LogP contribution in [0, 0.1) is 6.92 Å². The van der Waals surface area contributed by atoms with E-state index in [-0.39, 0.29) is 33.9 Å². The van der Waals surface area contributed by atoms with Crippen molar-refractivity contribution in [3.63, 3.8) is 0 Å². The van der Waals surface area contributed by atoms with Gasteiger partial charge in [-0.2, -0.15) is 0 Å². The van der Waals surface area contributed by atoms with Crippen molar-refractivity contribution in [2.45, 2.75) is 136 Å². The molecule has 0 saturated carbocycles. The maximum atomic E-state index is 2.78. The topological polar surface area (TPSA) is 6.48 Å². The third-order valence-corrected chi connectivity index (χ3v) is 18.2. The summed E-state index contributed by atoms with van der Waals surface area (Å²) in [6, 6.07) is 50.4. The lowest BCUT2D eigenvalue weighted by molar-refractivity contribution is 0.332. The van der Waals surface area contributed by atoms with Crippen molar-refractivity contribution in [1.29, 1.82) is 0 Å². The van der Waals surface area contributed by atoms with Crippen LogP contribution in [0.5, 0.6) is 0 Å². The number of hydrogen-bond acceptors (Lipinski definition) is 3. The summed E-state index contributed by atoms with van der Waals surface area (Å²) >= 11 is 1.93. The van der Waals surface area contributed by atoms with E-state index in [0.29, 0.717) is 0 Å². The average molecular weight is 893 g/mol. The Kier molecular flexibility index (Phi) is 9.09. The van der Waals surface area contributed by atoms with Crippen molar-refractivity contribution in [3.8, 4) is 22.3 Å². The Morgan fingerprint density at radius 3 is 1.85 bits per heavy atom. The number of aryl methyl sites for hydroxylation is 1. The van der Waals surface area contributed by atoms with Crippen LogP contribution in [0.15, 0.2) is 127 Å². The molecule has 0 saturated heterocycles. The van der Waals surface area contributed by atoms with Gasteiger partial charge in [0.15, 0.2) is 0 Å². The zero-order valence-corrected chi connectivity index (χ0v) is 42.6. The molecule has 12 rings (SSSR count). The predicted octanol–water partition coefficient (Wildman–Crippen LogP) is 16.7. The maximum Gasteiger partial charge on any atom is 0.333 e. The van der Waals surface area contributed by atoms with E-state index < -0.39 is 0 Å². The molecule has 0 radical (unpaired) electrons. The molecule has 0 fully saturated rings. The zero-order chi connectivity index (χ0) is 46.7. The number of thiophene rings is 1. The highest BCUT2D eigenvalue weighted by atomic mass is 32.1. The lowest BCUT2D eigenvalue weighted by Crippen LogP contribution is -2.61. The predicted molar refractivity (Wildman–Crippen MR) is 292 cm³/mol. The smallest absolute Gasteiger partial charge is 0.333 e. The molecule has 0 bridgehead atoms. The van der Waals surface area contributed by atoms with Gasteiger partial charge in [-0.25, -0.2) is 0 Å². The van der Waals surface area contributed by atoms with Gasteiger partial charge in [-0.1, -0.05) is 155 Å². The molecule has 0 unspecified atom stereocenters. The summed E-state index contributed by atoms with van der Waals surface area (Å²) < 4.78 is 2.68. The lowest BCUT2D eigenvalue weighted by atomic mass is 9.43. The first-order chi connectivity index (χ1) is 31.7. The summed E-state index contributed by atoms with van der Waals surface area (Å²) in [6.07, 6.45) is 4.74. The van der Waals surface area contributed by atoms with Gasteiger partial charge < -0.3 is 9.71 Å². The van der Waals surface area contributed by atoms with Crippen LogP contribution in [0.25, 0.3) is 42.4 Å². The molecule has 2 nitrogen and oxygen atoms in total. The fraction of sp³-hybridized carbons (Fsp3) is 0.333. The maximum absolute atomic E-state index is 2.78. The van der Waals surface area contributed by atoms with E-state index in [0.717, 1.165) is 0 Å². The molecule has 7 aromatic carbocycles. The number of anilines is 5. The monoisotopic (exact) mass is 892 g/mol. The van der Waals surface area contributed by atoms with Gasteiger partial charge in [0, 0.05) is 54.2 Å². The molecule has 4 aliphatic rings. The Hall–Kier alpha value is -5.58. The van der Waals surface area contributed by atoms with Crippen LogP contribution in [-0.4, -0.2) is 6.85 Å². The van der Waals surface area contributed by atoms with Gasteiger partial charge in [0.25, 0.3) is 0 Å². The summed E-state index contributed by atoms with van der Waals surface area (Å²) in [5.41, 5.74) is 23.3. The van der Waals surface area contributed by atoms with Gasteiger partial charge in [-0.05, 0) is 169 Å². The minimum atomic E-state index is -0.0974. The Morgan fingerprint density at radius 2 is 1.15 bits per heavy atom. The van der Waals surface area contributed by atoms with Gasteiger partial charge in [-0.3, -0.25) is 0 Å². The molecule has 8 aromatic rings. The molecule has 67 heavy (non-hydrogen) atoms. The Labute approximate surface area is 404 Å². The first-order valence-electron chi connectivity index (χ1n) is 25.0. The van der Waals surface area contributed by atoms with E-state index in [1.165, 1.54) is 141 Å². The standard InChI is InChI=1S/C63H65BN2S/c1-38-32-46-48(63(11,12)31-30-61(46,7)8)37-52(38)65-50-25-22-40(39-18-14-13-15-19-39)33-49(50)64-58-44(34-41(35-53(58)65)59(2,3)4)56-51(26-27-55-57(56)43-20-16-17-21-54(43)67-55)66(64)42-23-24-45-47(36-42)62(9,10)29-28-60(45,5)6/h13-27,32-37H,28-31H2,1-12H3. The van der Waals surface area contributed by atoms with Crippen molar-refractivity contribution >= 4 is 77.7 Å². The van der Waals surface area contributed by atoms with Crippen molar-refractivity contribution in [2.24, 2.45) is 0 Å². The third-order valence-electron chi connectivity index (χ3n) is 17.0. The lowest BCUT2D eigenvalue weighted by Gasteiger charge is -2.48. The third kappa shape index (κ3) is 6.34. The van der Waals surface area contributed by atoms with Crippen LogP contribution < -0.4 is 20.6 Å². The Balaban J connectivity index is 1.24. The highest BCUT2D eigenvalue weighted by molar-refractivity contribution is 7.26.